The van der Waals surface area contributed by atoms with Crippen LogP contribution in [0.25, 0.3) is 0 Å². The van der Waals surface area contributed by atoms with Gasteiger partial charge in [-0.25, -0.2) is 0 Å². The number of hydrogen-bond donors (Lipinski definition) is 0. The molecule has 0 aromatic rings. The topological polar surface area (TPSA) is 15.7 Å². The van der Waals surface area contributed by atoms with Gasteiger partial charge in [0.1, 0.15) is 0 Å². The molecule has 1 aliphatic carbocycles. The Morgan fingerprint density at radius 1 is 1.00 bits per heavy atom. The highest BCUT2D eigenvalue weighted by Gasteiger charge is 2.28. The van der Waals surface area contributed by atoms with Gasteiger partial charge in [0.2, 0.25) is 0 Å². The molecule has 2 rings (SSSR count). The maximum atomic E-state index is 5.99. The van der Waals surface area contributed by atoms with Crippen molar-refractivity contribution in [1.82, 2.24) is 9.80 Å². The Labute approximate surface area is 119 Å². The van der Waals surface area contributed by atoms with Gasteiger partial charge in [-0.1, -0.05) is 20.8 Å². The van der Waals surface area contributed by atoms with Gasteiger partial charge in [-0.3, -0.25) is 4.90 Å². The Hall–Kier alpha value is -0.120. The maximum Gasteiger partial charge on any atom is 0.0576 e. The van der Waals surface area contributed by atoms with Gasteiger partial charge in [0.15, 0.2) is 0 Å². The summed E-state index contributed by atoms with van der Waals surface area (Å²) in [5, 5.41) is 0. The summed E-state index contributed by atoms with van der Waals surface area (Å²) in [6, 6.07) is 0.831. The van der Waals surface area contributed by atoms with Crippen molar-refractivity contribution in [3.63, 3.8) is 0 Å². The van der Waals surface area contributed by atoms with Gasteiger partial charge in [-0.05, 0) is 38.1 Å². The van der Waals surface area contributed by atoms with E-state index in [1.54, 1.807) is 0 Å². The zero-order valence-corrected chi connectivity index (χ0v) is 13.1. The second-order valence-corrected chi connectivity index (χ2v) is 6.63. The van der Waals surface area contributed by atoms with Crippen LogP contribution in [0.4, 0.5) is 0 Å². The molecular formula is C16H32N2O. The minimum absolute atomic E-state index is 0.538. The number of hydrogen-bond acceptors (Lipinski definition) is 3. The Kier molecular flexibility index (Phi) is 6.11. The molecule has 0 atom stereocenters. The van der Waals surface area contributed by atoms with Crippen molar-refractivity contribution in [3.05, 3.63) is 0 Å². The van der Waals surface area contributed by atoms with E-state index in [-0.39, 0.29) is 0 Å². The van der Waals surface area contributed by atoms with Gasteiger partial charge < -0.3 is 9.64 Å². The molecule has 1 saturated heterocycles. The van der Waals surface area contributed by atoms with Gasteiger partial charge in [0.25, 0.3) is 0 Å². The third kappa shape index (κ3) is 4.73. The monoisotopic (exact) mass is 268 g/mol. The van der Waals surface area contributed by atoms with Crippen molar-refractivity contribution in [1.29, 1.82) is 0 Å². The van der Waals surface area contributed by atoms with Crippen molar-refractivity contribution < 1.29 is 4.74 Å². The first-order valence-electron chi connectivity index (χ1n) is 8.27. The van der Waals surface area contributed by atoms with E-state index in [0.717, 1.165) is 12.6 Å². The lowest BCUT2D eigenvalue weighted by Crippen LogP contribution is -2.51. The largest absolute Gasteiger partial charge is 0.378 e. The van der Waals surface area contributed by atoms with Crippen molar-refractivity contribution >= 4 is 0 Å². The molecule has 0 spiro atoms. The normalized spacial score (nSPS) is 30.9. The molecule has 3 heteroatoms. The molecule has 0 unspecified atom stereocenters. The van der Waals surface area contributed by atoms with Crippen LogP contribution >= 0.6 is 0 Å². The van der Waals surface area contributed by atoms with Gasteiger partial charge in [-0.15, -0.1) is 0 Å². The molecule has 0 bridgehead atoms. The summed E-state index contributed by atoms with van der Waals surface area (Å²) in [6.07, 6.45) is 5.76. The van der Waals surface area contributed by atoms with Gasteiger partial charge in [-0.2, -0.15) is 0 Å². The molecule has 3 nitrogen and oxygen atoms in total. The number of nitrogens with zero attached hydrogens (tertiary/aromatic N) is 2. The lowest BCUT2D eigenvalue weighted by Gasteiger charge is -2.41. The fraction of sp³-hybridized carbons (Fsp3) is 1.00. The predicted molar refractivity (Wildman–Crippen MR) is 80.5 cm³/mol. The number of ether oxygens (including phenoxy) is 1. The summed E-state index contributed by atoms with van der Waals surface area (Å²) >= 11 is 0. The molecule has 0 radical (unpaired) electrons. The first-order valence-corrected chi connectivity index (χ1v) is 8.27. The van der Waals surface area contributed by atoms with E-state index in [1.165, 1.54) is 58.4 Å². The molecule has 112 valence electrons. The zero-order chi connectivity index (χ0) is 13.7. The Balaban J connectivity index is 1.66. The smallest absolute Gasteiger partial charge is 0.0576 e. The maximum absolute atomic E-state index is 5.99. The molecular weight excluding hydrogens is 236 g/mol. The lowest BCUT2D eigenvalue weighted by atomic mass is 9.91. The molecule has 1 aliphatic heterocycles. The SMILES string of the molecule is CCN1CCN(C2CCC(OCC(C)C)CC2)CC1. The number of piperazine rings is 1. The van der Waals surface area contributed by atoms with Crippen LogP contribution in [-0.2, 0) is 4.74 Å². The quantitative estimate of drug-likeness (QED) is 0.762. The predicted octanol–water partition coefficient (Wildman–Crippen LogP) is 2.61. The highest BCUT2D eigenvalue weighted by atomic mass is 16.5. The van der Waals surface area contributed by atoms with Crippen LogP contribution in [0, 0.1) is 5.92 Å². The standard InChI is InChI=1S/C16H32N2O/c1-4-17-9-11-18(12-10-17)15-5-7-16(8-6-15)19-13-14(2)3/h14-16H,4-13H2,1-3H3. The van der Waals surface area contributed by atoms with Crippen molar-refractivity contribution in [2.75, 3.05) is 39.3 Å². The molecule has 1 heterocycles. The Morgan fingerprint density at radius 3 is 2.16 bits per heavy atom. The van der Waals surface area contributed by atoms with Crippen LogP contribution < -0.4 is 0 Å². The van der Waals surface area contributed by atoms with E-state index in [2.05, 4.69) is 30.6 Å². The molecule has 0 N–H and O–H groups in total. The van der Waals surface area contributed by atoms with Crippen molar-refractivity contribution in [2.45, 2.75) is 58.6 Å². The number of likely N-dealkylation sites (N-methyl/N-ethyl adjacent to an activating group) is 1. The summed E-state index contributed by atoms with van der Waals surface area (Å²) < 4.78 is 5.99. The van der Waals surface area contributed by atoms with E-state index < -0.39 is 0 Å². The van der Waals surface area contributed by atoms with Gasteiger partial charge in [0, 0.05) is 38.8 Å². The number of rotatable bonds is 5. The van der Waals surface area contributed by atoms with E-state index >= 15 is 0 Å². The average Bonchev–Trinajstić information content (AvgIpc) is 2.46. The fourth-order valence-corrected chi connectivity index (χ4v) is 3.35. The van der Waals surface area contributed by atoms with Gasteiger partial charge >= 0.3 is 0 Å². The molecule has 0 aromatic carbocycles. The van der Waals surface area contributed by atoms with Crippen LogP contribution in [0.3, 0.4) is 0 Å². The summed E-state index contributed by atoms with van der Waals surface area (Å²) in [6.45, 7) is 14.0. The average molecular weight is 268 g/mol. The van der Waals surface area contributed by atoms with Crippen molar-refractivity contribution in [2.24, 2.45) is 5.92 Å². The van der Waals surface area contributed by atoms with Gasteiger partial charge in [0.05, 0.1) is 6.10 Å². The molecule has 2 aliphatic rings. The summed E-state index contributed by atoms with van der Waals surface area (Å²) in [4.78, 5) is 5.29. The zero-order valence-electron chi connectivity index (χ0n) is 13.1. The summed E-state index contributed by atoms with van der Waals surface area (Å²) in [5.74, 6) is 0.667. The van der Waals surface area contributed by atoms with Crippen molar-refractivity contribution in [3.8, 4) is 0 Å². The first-order chi connectivity index (χ1) is 9.19. The molecule has 1 saturated carbocycles. The van der Waals surface area contributed by atoms with Crippen LogP contribution in [0.1, 0.15) is 46.5 Å². The van der Waals surface area contributed by atoms with E-state index in [9.17, 15) is 0 Å². The minimum Gasteiger partial charge on any atom is -0.378 e. The van der Waals surface area contributed by atoms with Crippen LogP contribution in [-0.4, -0.2) is 61.3 Å². The fourth-order valence-electron chi connectivity index (χ4n) is 3.35. The molecule has 2 fully saturated rings. The summed E-state index contributed by atoms with van der Waals surface area (Å²) in [7, 11) is 0. The van der Waals surface area contributed by atoms with Crippen LogP contribution in [0.15, 0.2) is 0 Å². The highest BCUT2D eigenvalue weighted by molar-refractivity contribution is 4.83. The first kappa shape index (κ1) is 15.3. The highest BCUT2D eigenvalue weighted by Crippen LogP contribution is 2.26. The third-order valence-corrected chi connectivity index (χ3v) is 4.68. The molecule has 0 aromatic heterocycles. The van der Waals surface area contributed by atoms with E-state index in [4.69, 9.17) is 4.74 Å². The third-order valence-electron chi connectivity index (χ3n) is 4.68. The molecule has 0 amide bonds. The Morgan fingerprint density at radius 2 is 1.63 bits per heavy atom. The van der Waals surface area contributed by atoms with E-state index in [0.29, 0.717) is 12.0 Å². The second kappa shape index (κ2) is 7.61. The minimum atomic E-state index is 0.538. The summed E-state index contributed by atoms with van der Waals surface area (Å²) in [5.41, 5.74) is 0. The molecule has 19 heavy (non-hydrogen) atoms. The lowest BCUT2D eigenvalue weighted by molar-refractivity contribution is -0.0107. The second-order valence-electron chi connectivity index (χ2n) is 6.63. The van der Waals surface area contributed by atoms with Crippen LogP contribution in [0.5, 0.6) is 0 Å². The van der Waals surface area contributed by atoms with E-state index in [1.807, 2.05) is 0 Å². The van der Waals surface area contributed by atoms with Crippen LogP contribution in [0.2, 0.25) is 0 Å². The Bertz CT molecular complexity index is 241.